The summed E-state index contributed by atoms with van der Waals surface area (Å²) >= 11 is 0. The summed E-state index contributed by atoms with van der Waals surface area (Å²) in [4.78, 5) is 4.60. The summed E-state index contributed by atoms with van der Waals surface area (Å²) < 4.78 is 11.5. The van der Waals surface area contributed by atoms with E-state index in [-0.39, 0.29) is 0 Å². The molecule has 0 unspecified atom stereocenters. The molecule has 21 heavy (non-hydrogen) atoms. The quantitative estimate of drug-likeness (QED) is 0.589. The molecule has 0 spiro atoms. The topological polar surface area (TPSA) is 35.3 Å². The lowest BCUT2D eigenvalue weighted by atomic mass is 10.1. The fourth-order valence-electron chi connectivity index (χ4n) is 2.76. The van der Waals surface area contributed by atoms with Crippen molar-refractivity contribution in [3.63, 3.8) is 0 Å². The third kappa shape index (κ3) is 2.73. The molecule has 2 aromatic heterocycles. The van der Waals surface area contributed by atoms with Crippen LogP contribution in [-0.2, 0) is 6.42 Å². The second kappa shape index (κ2) is 6.17. The molecule has 0 bridgehead atoms. The zero-order valence-electron chi connectivity index (χ0n) is 12.7. The fourth-order valence-corrected chi connectivity index (χ4v) is 2.76. The first kappa shape index (κ1) is 13.9. The summed E-state index contributed by atoms with van der Waals surface area (Å²) in [5, 5.41) is 2.01. The zero-order chi connectivity index (χ0) is 14.7. The first-order chi connectivity index (χ1) is 10.3. The molecule has 2 heterocycles. The lowest BCUT2D eigenvalue weighted by Gasteiger charge is -2.05. The Morgan fingerprint density at radius 1 is 1.10 bits per heavy atom. The van der Waals surface area contributed by atoms with Gasteiger partial charge in [-0.05, 0) is 24.6 Å². The average Bonchev–Trinajstić information content (AvgIpc) is 2.91. The minimum atomic E-state index is 0.677. The first-order valence-electron chi connectivity index (χ1n) is 7.68. The number of ether oxygens (including phenoxy) is 1. The van der Waals surface area contributed by atoms with Gasteiger partial charge in [0.25, 0.3) is 0 Å². The number of para-hydroxylation sites is 1. The van der Waals surface area contributed by atoms with Crippen molar-refractivity contribution in [2.24, 2.45) is 0 Å². The Morgan fingerprint density at radius 3 is 2.76 bits per heavy atom. The molecule has 0 aliphatic heterocycles. The maximum Gasteiger partial charge on any atom is 0.230 e. The van der Waals surface area contributed by atoms with Gasteiger partial charge in [0, 0.05) is 11.8 Å². The van der Waals surface area contributed by atoms with Gasteiger partial charge in [0.1, 0.15) is 11.5 Å². The highest BCUT2D eigenvalue weighted by atomic mass is 16.5. The normalized spacial score (nSPS) is 11.3. The molecule has 0 saturated carbocycles. The van der Waals surface area contributed by atoms with Crippen LogP contribution in [0.4, 0.5) is 0 Å². The number of furan rings is 1. The first-order valence-corrected chi connectivity index (χ1v) is 7.68. The van der Waals surface area contributed by atoms with Gasteiger partial charge in [-0.1, -0.05) is 38.3 Å². The minimum absolute atomic E-state index is 0.677. The Labute approximate surface area is 124 Å². The van der Waals surface area contributed by atoms with Gasteiger partial charge in [0.2, 0.25) is 5.71 Å². The van der Waals surface area contributed by atoms with Crippen LogP contribution in [0.2, 0.25) is 0 Å². The Kier molecular flexibility index (Phi) is 4.09. The third-order valence-corrected chi connectivity index (χ3v) is 3.86. The number of pyridine rings is 1. The Morgan fingerprint density at radius 2 is 1.95 bits per heavy atom. The average molecular weight is 283 g/mol. The Bertz CT molecular complexity index is 745. The van der Waals surface area contributed by atoms with E-state index in [0.717, 1.165) is 40.6 Å². The summed E-state index contributed by atoms with van der Waals surface area (Å²) in [6.07, 6.45) is 5.91. The van der Waals surface area contributed by atoms with E-state index in [2.05, 4.69) is 18.0 Å². The molecule has 0 fully saturated rings. The van der Waals surface area contributed by atoms with Crippen molar-refractivity contribution >= 4 is 22.0 Å². The van der Waals surface area contributed by atoms with Crippen LogP contribution >= 0.6 is 0 Å². The number of methoxy groups -OCH3 is 1. The van der Waals surface area contributed by atoms with Gasteiger partial charge in [-0.2, -0.15) is 0 Å². The molecule has 3 nitrogen and oxygen atoms in total. The lowest BCUT2D eigenvalue weighted by Crippen LogP contribution is -1.88. The van der Waals surface area contributed by atoms with Crippen molar-refractivity contribution in [1.82, 2.24) is 4.98 Å². The van der Waals surface area contributed by atoms with Crippen LogP contribution in [0, 0.1) is 0 Å². The van der Waals surface area contributed by atoms with Crippen LogP contribution in [0.3, 0.4) is 0 Å². The van der Waals surface area contributed by atoms with Gasteiger partial charge in [-0.25, -0.2) is 4.98 Å². The monoisotopic (exact) mass is 283 g/mol. The lowest BCUT2D eigenvalue weighted by molar-refractivity contribution is 0.424. The largest absolute Gasteiger partial charge is 0.495 e. The van der Waals surface area contributed by atoms with Gasteiger partial charge < -0.3 is 9.15 Å². The summed E-state index contributed by atoms with van der Waals surface area (Å²) in [6, 6.07) is 10.1. The van der Waals surface area contributed by atoms with Crippen molar-refractivity contribution in [2.45, 2.75) is 39.0 Å². The predicted octanol–water partition coefficient (Wildman–Crippen LogP) is 5.11. The minimum Gasteiger partial charge on any atom is -0.495 e. The molecule has 0 atom stereocenters. The molecule has 0 amide bonds. The van der Waals surface area contributed by atoms with Crippen molar-refractivity contribution < 1.29 is 9.15 Å². The number of aromatic nitrogens is 1. The number of aryl methyl sites for hydroxylation is 1. The van der Waals surface area contributed by atoms with Crippen LogP contribution in [0.25, 0.3) is 22.0 Å². The molecule has 0 aliphatic rings. The zero-order valence-corrected chi connectivity index (χ0v) is 12.7. The van der Waals surface area contributed by atoms with Gasteiger partial charge in [-0.15, -0.1) is 0 Å². The maximum absolute atomic E-state index is 5.91. The summed E-state index contributed by atoms with van der Waals surface area (Å²) in [6.45, 7) is 2.22. The van der Waals surface area contributed by atoms with E-state index in [1.165, 1.54) is 19.3 Å². The summed E-state index contributed by atoms with van der Waals surface area (Å²) in [5.41, 5.74) is 1.59. The standard InChI is InChI=1S/C18H21NO2/c1-3-4-5-6-9-13-12-15-17(20-2)14-10-7-8-11-16(14)19-18(15)21-13/h7-8,10-12H,3-6,9H2,1-2H3. The van der Waals surface area contributed by atoms with Gasteiger partial charge in [-0.3, -0.25) is 0 Å². The van der Waals surface area contributed by atoms with E-state index in [0.29, 0.717) is 5.71 Å². The molecule has 3 rings (SSSR count). The highest BCUT2D eigenvalue weighted by Gasteiger charge is 2.14. The van der Waals surface area contributed by atoms with Gasteiger partial charge >= 0.3 is 0 Å². The molecule has 0 aliphatic carbocycles. The number of hydrogen-bond donors (Lipinski definition) is 0. The fraction of sp³-hybridized carbons (Fsp3) is 0.389. The molecule has 0 radical (unpaired) electrons. The Balaban J connectivity index is 1.98. The van der Waals surface area contributed by atoms with Crippen molar-refractivity contribution in [2.75, 3.05) is 7.11 Å². The molecular weight excluding hydrogens is 262 g/mol. The maximum atomic E-state index is 5.91. The SMILES string of the molecule is CCCCCCc1cc2c(OC)c3ccccc3nc2o1. The van der Waals surface area contributed by atoms with Crippen LogP contribution < -0.4 is 4.74 Å². The van der Waals surface area contributed by atoms with Crippen molar-refractivity contribution in [3.05, 3.63) is 36.1 Å². The van der Waals surface area contributed by atoms with Crippen LogP contribution in [0.1, 0.15) is 38.4 Å². The number of unbranched alkanes of at least 4 members (excludes halogenated alkanes) is 3. The number of hydrogen-bond acceptors (Lipinski definition) is 3. The smallest absolute Gasteiger partial charge is 0.230 e. The van der Waals surface area contributed by atoms with Crippen molar-refractivity contribution in [1.29, 1.82) is 0 Å². The molecule has 0 saturated heterocycles. The third-order valence-electron chi connectivity index (χ3n) is 3.86. The summed E-state index contributed by atoms with van der Waals surface area (Å²) in [5.74, 6) is 1.86. The van der Waals surface area contributed by atoms with Crippen molar-refractivity contribution in [3.8, 4) is 5.75 Å². The molecule has 3 heteroatoms. The van der Waals surface area contributed by atoms with Crippen LogP contribution in [-0.4, -0.2) is 12.1 Å². The second-order valence-corrected chi connectivity index (χ2v) is 5.40. The van der Waals surface area contributed by atoms with E-state index >= 15 is 0 Å². The highest BCUT2D eigenvalue weighted by Crippen LogP contribution is 2.34. The second-order valence-electron chi connectivity index (χ2n) is 5.40. The molecule has 110 valence electrons. The van der Waals surface area contributed by atoms with Gasteiger partial charge in [0.15, 0.2) is 0 Å². The summed E-state index contributed by atoms with van der Waals surface area (Å²) in [7, 11) is 1.70. The molecule has 1 aromatic carbocycles. The molecule has 3 aromatic rings. The van der Waals surface area contributed by atoms with E-state index < -0.39 is 0 Å². The number of benzene rings is 1. The van der Waals surface area contributed by atoms with Gasteiger partial charge in [0.05, 0.1) is 18.0 Å². The number of fused-ring (bicyclic) bond motifs is 2. The number of rotatable bonds is 6. The van der Waals surface area contributed by atoms with E-state index in [1.54, 1.807) is 7.11 Å². The van der Waals surface area contributed by atoms with E-state index in [4.69, 9.17) is 9.15 Å². The highest BCUT2D eigenvalue weighted by molar-refractivity contribution is 5.99. The number of nitrogens with zero attached hydrogens (tertiary/aromatic N) is 1. The molecule has 0 N–H and O–H groups in total. The van der Waals surface area contributed by atoms with Crippen LogP contribution in [0.15, 0.2) is 34.7 Å². The van der Waals surface area contributed by atoms with E-state index in [1.807, 2.05) is 24.3 Å². The predicted molar refractivity (Wildman–Crippen MR) is 85.9 cm³/mol. The van der Waals surface area contributed by atoms with E-state index in [9.17, 15) is 0 Å². The molecular formula is C18H21NO2. The Hall–Kier alpha value is -2.03. The van der Waals surface area contributed by atoms with Crippen LogP contribution in [0.5, 0.6) is 5.75 Å².